The van der Waals surface area contributed by atoms with Crippen molar-refractivity contribution in [3.05, 3.63) is 29.8 Å². The molecule has 4 nitrogen and oxygen atoms in total. The van der Waals surface area contributed by atoms with Crippen molar-refractivity contribution in [3.8, 4) is 0 Å². The van der Waals surface area contributed by atoms with Crippen molar-refractivity contribution in [3.63, 3.8) is 0 Å². The highest BCUT2D eigenvalue weighted by molar-refractivity contribution is 8.00. The Kier molecular flexibility index (Phi) is 8.77. The van der Waals surface area contributed by atoms with Crippen LogP contribution in [0.4, 0.5) is 5.69 Å². The molecule has 1 unspecified atom stereocenters. The number of anilines is 1. The number of hydrogen-bond donors (Lipinski definition) is 1. The Morgan fingerprint density at radius 1 is 1.09 bits per heavy atom. The van der Waals surface area contributed by atoms with Gasteiger partial charge in [0.1, 0.15) is 0 Å². The molecule has 1 aromatic rings. The van der Waals surface area contributed by atoms with Gasteiger partial charge in [-0.1, -0.05) is 26.0 Å². The summed E-state index contributed by atoms with van der Waals surface area (Å²) in [6.45, 7) is 9.70. The lowest BCUT2D eigenvalue weighted by Crippen LogP contribution is -2.32. The summed E-state index contributed by atoms with van der Waals surface area (Å²) in [6, 6.07) is 7.98. The molecule has 5 heteroatoms. The number of hydrogen-bond acceptors (Lipinski definition) is 3. The minimum atomic E-state index is -0.0707. The molecule has 1 N–H and O–H groups in total. The van der Waals surface area contributed by atoms with E-state index in [1.54, 1.807) is 4.90 Å². The van der Waals surface area contributed by atoms with Crippen molar-refractivity contribution in [1.82, 2.24) is 4.90 Å². The largest absolute Gasteiger partial charge is 0.343 e. The molecule has 128 valence electrons. The maximum atomic E-state index is 11.9. The molecule has 0 aliphatic rings. The fraction of sp³-hybridized carbons (Fsp3) is 0.556. The SMILES string of the molecule is CCC(C)c1ccc(NC(=O)CSCC(=O)N(CC)CC)cc1. The van der Waals surface area contributed by atoms with Gasteiger partial charge in [-0.2, -0.15) is 0 Å². The van der Waals surface area contributed by atoms with E-state index in [9.17, 15) is 9.59 Å². The van der Waals surface area contributed by atoms with Gasteiger partial charge >= 0.3 is 0 Å². The Bertz CT molecular complexity index is 498. The van der Waals surface area contributed by atoms with Crippen molar-refractivity contribution < 1.29 is 9.59 Å². The van der Waals surface area contributed by atoms with Crippen molar-refractivity contribution >= 4 is 29.3 Å². The fourth-order valence-electron chi connectivity index (χ4n) is 2.23. The first kappa shape index (κ1) is 19.6. The molecule has 0 heterocycles. The predicted octanol–water partition coefficient (Wildman–Crippen LogP) is 3.74. The van der Waals surface area contributed by atoms with Crippen molar-refractivity contribution in [1.29, 1.82) is 0 Å². The van der Waals surface area contributed by atoms with Crippen LogP contribution < -0.4 is 5.32 Å². The quantitative estimate of drug-likeness (QED) is 0.747. The molecule has 1 rings (SSSR count). The zero-order valence-corrected chi connectivity index (χ0v) is 15.4. The summed E-state index contributed by atoms with van der Waals surface area (Å²) in [5.74, 6) is 1.19. The van der Waals surface area contributed by atoms with Crippen LogP contribution in [0.5, 0.6) is 0 Å². The second-order valence-electron chi connectivity index (χ2n) is 5.54. The molecular formula is C18H28N2O2S. The summed E-state index contributed by atoms with van der Waals surface area (Å²) in [6.07, 6.45) is 1.10. The summed E-state index contributed by atoms with van der Waals surface area (Å²) < 4.78 is 0. The van der Waals surface area contributed by atoms with E-state index in [2.05, 4.69) is 31.3 Å². The van der Waals surface area contributed by atoms with Gasteiger partial charge in [0, 0.05) is 18.8 Å². The molecule has 2 amide bonds. The van der Waals surface area contributed by atoms with E-state index in [4.69, 9.17) is 0 Å². The highest BCUT2D eigenvalue weighted by Crippen LogP contribution is 2.20. The summed E-state index contributed by atoms with van der Waals surface area (Å²) in [7, 11) is 0. The number of amides is 2. The van der Waals surface area contributed by atoms with Gasteiger partial charge < -0.3 is 10.2 Å². The number of rotatable bonds is 9. The van der Waals surface area contributed by atoms with Crippen molar-refractivity contribution in [2.75, 3.05) is 29.9 Å². The zero-order chi connectivity index (χ0) is 17.2. The highest BCUT2D eigenvalue weighted by atomic mass is 32.2. The maximum absolute atomic E-state index is 11.9. The average molecular weight is 337 g/mol. The molecule has 0 spiro atoms. The van der Waals surface area contributed by atoms with Crippen LogP contribution in [0.15, 0.2) is 24.3 Å². The van der Waals surface area contributed by atoms with Crippen LogP contribution in [-0.2, 0) is 9.59 Å². The molecule has 0 saturated heterocycles. The first-order chi connectivity index (χ1) is 11.0. The second kappa shape index (κ2) is 10.3. The normalized spacial score (nSPS) is 11.8. The molecular weight excluding hydrogens is 308 g/mol. The highest BCUT2D eigenvalue weighted by Gasteiger charge is 2.11. The van der Waals surface area contributed by atoms with Gasteiger partial charge in [0.25, 0.3) is 0 Å². The van der Waals surface area contributed by atoms with Crippen LogP contribution in [0.1, 0.15) is 45.6 Å². The standard InChI is InChI=1S/C18H28N2O2S/c1-5-14(4)15-8-10-16(11-9-15)19-17(21)12-23-13-18(22)20(6-2)7-3/h8-11,14H,5-7,12-13H2,1-4H3,(H,19,21). The third-order valence-electron chi connectivity index (χ3n) is 3.95. The number of carbonyl (C=O) groups is 2. The van der Waals surface area contributed by atoms with Crippen LogP contribution in [0.2, 0.25) is 0 Å². The first-order valence-corrected chi connectivity index (χ1v) is 9.42. The Hall–Kier alpha value is -1.49. The fourth-order valence-corrected chi connectivity index (χ4v) is 2.94. The van der Waals surface area contributed by atoms with Gasteiger partial charge in [-0.05, 0) is 43.9 Å². The Morgan fingerprint density at radius 2 is 1.70 bits per heavy atom. The van der Waals surface area contributed by atoms with Gasteiger partial charge in [-0.3, -0.25) is 9.59 Å². The minimum Gasteiger partial charge on any atom is -0.343 e. The van der Waals surface area contributed by atoms with E-state index in [-0.39, 0.29) is 11.8 Å². The van der Waals surface area contributed by atoms with E-state index in [0.29, 0.717) is 30.5 Å². The van der Waals surface area contributed by atoms with Crippen LogP contribution in [-0.4, -0.2) is 41.3 Å². The van der Waals surface area contributed by atoms with Gasteiger partial charge in [0.15, 0.2) is 0 Å². The van der Waals surface area contributed by atoms with Gasteiger partial charge in [0.2, 0.25) is 11.8 Å². The van der Waals surface area contributed by atoms with Gasteiger partial charge in [0.05, 0.1) is 11.5 Å². The van der Waals surface area contributed by atoms with Crippen molar-refractivity contribution in [2.45, 2.75) is 40.0 Å². The molecule has 0 saturated carbocycles. The smallest absolute Gasteiger partial charge is 0.234 e. The number of benzene rings is 1. The van der Waals surface area contributed by atoms with Crippen LogP contribution in [0.3, 0.4) is 0 Å². The number of carbonyl (C=O) groups excluding carboxylic acids is 2. The lowest BCUT2D eigenvalue weighted by Gasteiger charge is -2.18. The third kappa shape index (κ3) is 6.65. The van der Waals surface area contributed by atoms with E-state index < -0.39 is 0 Å². The summed E-state index contributed by atoms with van der Waals surface area (Å²) >= 11 is 1.36. The van der Waals surface area contributed by atoms with E-state index in [1.165, 1.54) is 17.3 Å². The second-order valence-corrected chi connectivity index (χ2v) is 6.52. The molecule has 1 aromatic carbocycles. The average Bonchev–Trinajstić information content (AvgIpc) is 2.56. The van der Waals surface area contributed by atoms with E-state index in [1.807, 2.05) is 26.0 Å². The first-order valence-electron chi connectivity index (χ1n) is 8.27. The molecule has 0 aromatic heterocycles. The monoisotopic (exact) mass is 336 g/mol. The van der Waals surface area contributed by atoms with Crippen LogP contribution in [0, 0.1) is 0 Å². The Morgan fingerprint density at radius 3 is 2.22 bits per heavy atom. The predicted molar refractivity (Wildman–Crippen MR) is 99.0 cm³/mol. The summed E-state index contributed by atoms with van der Waals surface area (Å²) in [4.78, 5) is 25.5. The van der Waals surface area contributed by atoms with E-state index >= 15 is 0 Å². The lowest BCUT2D eigenvalue weighted by molar-refractivity contribution is -0.127. The molecule has 1 atom stereocenters. The number of nitrogens with one attached hydrogen (secondary N) is 1. The molecule has 23 heavy (non-hydrogen) atoms. The summed E-state index contributed by atoms with van der Waals surface area (Å²) in [5.41, 5.74) is 2.09. The molecule has 0 bridgehead atoms. The van der Waals surface area contributed by atoms with Gasteiger partial charge in [-0.25, -0.2) is 0 Å². The lowest BCUT2D eigenvalue weighted by atomic mass is 9.99. The Labute approximate surface area is 144 Å². The Balaban J connectivity index is 2.38. The van der Waals surface area contributed by atoms with E-state index in [0.717, 1.165) is 12.1 Å². The van der Waals surface area contributed by atoms with Crippen LogP contribution >= 0.6 is 11.8 Å². The number of thioether (sulfide) groups is 1. The molecule has 0 fully saturated rings. The van der Waals surface area contributed by atoms with Crippen LogP contribution in [0.25, 0.3) is 0 Å². The number of nitrogens with zero attached hydrogens (tertiary/aromatic N) is 1. The third-order valence-corrected chi connectivity index (χ3v) is 4.87. The topological polar surface area (TPSA) is 49.4 Å². The van der Waals surface area contributed by atoms with Gasteiger partial charge in [-0.15, -0.1) is 11.8 Å². The molecule has 0 aliphatic heterocycles. The summed E-state index contributed by atoms with van der Waals surface area (Å²) in [5, 5.41) is 2.87. The minimum absolute atomic E-state index is 0.0707. The molecule has 0 aliphatic carbocycles. The van der Waals surface area contributed by atoms with Crippen molar-refractivity contribution in [2.24, 2.45) is 0 Å². The maximum Gasteiger partial charge on any atom is 0.234 e. The zero-order valence-electron chi connectivity index (χ0n) is 14.6. The molecule has 0 radical (unpaired) electrons.